The number of urea groups is 1. The van der Waals surface area contributed by atoms with Crippen molar-refractivity contribution in [3.8, 4) is 11.5 Å². The third kappa shape index (κ3) is 8.26. The van der Waals surface area contributed by atoms with Gasteiger partial charge in [0.1, 0.15) is 6.54 Å². The second-order valence-corrected chi connectivity index (χ2v) is 7.21. The quantitative estimate of drug-likeness (QED) is 0.433. The van der Waals surface area contributed by atoms with Crippen molar-refractivity contribution in [3.63, 3.8) is 0 Å². The summed E-state index contributed by atoms with van der Waals surface area (Å²) in [5.41, 5.74) is 0.268. The molecule has 1 heterocycles. The van der Waals surface area contributed by atoms with Gasteiger partial charge in [-0.05, 0) is 43.5 Å². The van der Waals surface area contributed by atoms with Crippen molar-refractivity contribution in [1.82, 2.24) is 16.0 Å². The fourth-order valence-corrected chi connectivity index (χ4v) is 3.08. The van der Waals surface area contributed by atoms with E-state index in [0.717, 1.165) is 4.88 Å². The lowest BCUT2D eigenvalue weighted by atomic mass is 10.2. The lowest BCUT2D eigenvalue weighted by Crippen LogP contribution is -2.41. The Kier molecular flexibility index (Phi) is 9.98. The number of hydrogen-bond donors (Lipinski definition) is 3. The van der Waals surface area contributed by atoms with E-state index in [1.807, 2.05) is 36.7 Å². The number of hydrogen-bond acceptors (Lipinski definition) is 8. The van der Waals surface area contributed by atoms with Gasteiger partial charge in [-0.1, -0.05) is 6.07 Å². The van der Waals surface area contributed by atoms with Crippen LogP contribution in [0, 0.1) is 0 Å². The molecule has 0 fully saturated rings. The minimum atomic E-state index is -0.830. The first-order valence-corrected chi connectivity index (χ1v) is 10.7. The van der Waals surface area contributed by atoms with Crippen LogP contribution in [0.4, 0.5) is 4.79 Å². The van der Waals surface area contributed by atoms with Crippen molar-refractivity contribution in [2.24, 2.45) is 0 Å². The van der Waals surface area contributed by atoms with E-state index in [2.05, 4.69) is 10.6 Å². The largest absolute Gasteiger partial charge is 0.490 e. The van der Waals surface area contributed by atoms with Gasteiger partial charge >= 0.3 is 12.0 Å². The highest BCUT2D eigenvalue weighted by Crippen LogP contribution is 2.28. The Balaban J connectivity index is 1.72. The van der Waals surface area contributed by atoms with Gasteiger partial charge in [0, 0.05) is 10.4 Å². The van der Waals surface area contributed by atoms with Crippen molar-refractivity contribution < 1.29 is 33.4 Å². The van der Waals surface area contributed by atoms with Gasteiger partial charge in [0.05, 0.1) is 19.8 Å². The number of amides is 4. The molecule has 0 atom stereocenters. The van der Waals surface area contributed by atoms with E-state index in [4.69, 9.17) is 14.2 Å². The SMILES string of the molecule is CCOc1ccc(C(=O)NCC(=O)OCC(=O)NC(=O)NCc2cccs2)cc1OCC. The highest BCUT2D eigenvalue weighted by atomic mass is 32.1. The van der Waals surface area contributed by atoms with Crippen molar-refractivity contribution in [2.75, 3.05) is 26.4 Å². The number of nitrogens with one attached hydrogen (secondary N) is 3. The molecule has 1 aromatic heterocycles. The molecule has 0 saturated heterocycles. The third-order valence-electron chi connectivity index (χ3n) is 3.82. The summed E-state index contributed by atoms with van der Waals surface area (Å²) < 4.78 is 15.7. The van der Waals surface area contributed by atoms with Gasteiger partial charge in [-0.15, -0.1) is 11.3 Å². The maximum absolute atomic E-state index is 12.3. The van der Waals surface area contributed by atoms with Crippen molar-refractivity contribution >= 4 is 35.2 Å². The van der Waals surface area contributed by atoms with E-state index in [9.17, 15) is 19.2 Å². The monoisotopic (exact) mass is 463 g/mol. The molecule has 0 saturated carbocycles. The molecule has 172 valence electrons. The van der Waals surface area contributed by atoms with Gasteiger partial charge in [0.15, 0.2) is 18.1 Å². The van der Waals surface area contributed by atoms with Crippen LogP contribution in [0.1, 0.15) is 29.1 Å². The topological polar surface area (TPSA) is 132 Å². The summed E-state index contributed by atoms with van der Waals surface area (Å²) in [6.45, 7) is 3.65. The summed E-state index contributed by atoms with van der Waals surface area (Å²) in [4.78, 5) is 48.4. The number of benzene rings is 1. The molecule has 0 radical (unpaired) electrons. The molecular formula is C21H25N3O7S. The standard InChI is InChI=1S/C21H25N3O7S/c1-3-29-16-8-7-14(10-17(16)30-4-2)20(27)22-12-19(26)31-13-18(25)24-21(28)23-11-15-6-5-9-32-15/h5-10H,3-4,11-13H2,1-2H3,(H,22,27)(H2,23,24,25,28). The first-order valence-electron chi connectivity index (χ1n) is 9.86. The van der Waals surface area contributed by atoms with Crippen LogP contribution in [-0.4, -0.2) is 50.2 Å². The van der Waals surface area contributed by atoms with E-state index in [1.54, 1.807) is 6.07 Å². The average molecular weight is 464 g/mol. The van der Waals surface area contributed by atoms with Crippen molar-refractivity contribution in [1.29, 1.82) is 0 Å². The second-order valence-electron chi connectivity index (χ2n) is 6.18. The average Bonchev–Trinajstić information content (AvgIpc) is 3.30. The Morgan fingerprint density at radius 2 is 1.72 bits per heavy atom. The zero-order valence-corrected chi connectivity index (χ0v) is 18.6. The van der Waals surface area contributed by atoms with Crippen LogP contribution in [0.5, 0.6) is 11.5 Å². The molecular weight excluding hydrogens is 438 g/mol. The number of ether oxygens (including phenoxy) is 3. The fourth-order valence-electron chi connectivity index (χ4n) is 2.43. The number of esters is 1. The molecule has 0 unspecified atom stereocenters. The molecule has 0 spiro atoms. The fraction of sp³-hybridized carbons (Fsp3) is 0.333. The molecule has 1 aromatic carbocycles. The van der Waals surface area contributed by atoms with Crippen LogP contribution in [-0.2, 0) is 20.9 Å². The number of carbonyl (C=O) groups excluding carboxylic acids is 4. The zero-order valence-electron chi connectivity index (χ0n) is 17.8. The Bertz CT molecular complexity index is 931. The van der Waals surface area contributed by atoms with E-state index < -0.39 is 37.0 Å². The third-order valence-corrected chi connectivity index (χ3v) is 4.70. The van der Waals surface area contributed by atoms with E-state index >= 15 is 0 Å². The summed E-state index contributed by atoms with van der Waals surface area (Å²) in [6.07, 6.45) is 0. The Hall–Kier alpha value is -3.60. The summed E-state index contributed by atoms with van der Waals surface area (Å²) in [5.74, 6) is -1.22. The Morgan fingerprint density at radius 3 is 2.41 bits per heavy atom. The predicted molar refractivity (Wildman–Crippen MR) is 117 cm³/mol. The smallest absolute Gasteiger partial charge is 0.325 e. The minimum Gasteiger partial charge on any atom is -0.490 e. The Labute approximate surface area is 189 Å². The normalized spacial score (nSPS) is 10.1. The highest BCUT2D eigenvalue weighted by Gasteiger charge is 2.15. The van der Waals surface area contributed by atoms with E-state index in [-0.39, 0.29) is 12.1 Å². The predicted octanol–water partition coefficient (Wildman–Crippen LogP) is 1.84. The van der Waals surface area contributed by atoms with Crippen molar-refractivity contribution in [3.05, 3.63) is 46.2 Å². The maximum Gasteiger partial charge on any atom is 0.325 e. The number of rotatable bonds is 11. The number of thiophene rings is 1. The van der Waals surface area contributed by atoms with E-state index in [0.29, 0.717) is 24.7 Å². The van der Waals surface area contributed by atoms with Crippen LogP contribution < -0.4 is 25.4 Å². The van der Waals surface area contributed by atoms with Crippen LogP contribution >= 0.6 is 11.3 Å². The van der Waals surface area contributed by atoms with Gasteiger partial charge in [-0.25, -0.2) is 4.79 Å². The molecule has 10 nitrogen and oxygen atoms in total. The summed E-state index contributed by atoms with van der Waals surface area (Å²) >= 11 is 1.47. The second kappa shape index (κ2) is 13.0. The molecule has 0 bridgehead atoms. The molecule has 3 N–H and O–H groups in total. The van der Waals surface area contributed by atoms with Gasteiger partial charge in [-0.2, -0.15) is 0 Å². The van der Waals surface area contributed by atoms with Gasteiger partial charge < -0.3 is 24.8 Å². The van der Waals surface area contributed by atoms with Crippen LogP contribution in [0.25, 0.3) is 0 Å². The van der Waals surface area contributed by atoms with E-state index in [1.165, 1.54) is 23.5 Å². The summed E-state index contributed by atoms with van der Waals surface area (Å²) in [7, 11) is 0. The lowest BCUT2D eigenvalue weighted by molar-refractivity contribution is -0.147. The molecule has 4 amide bonds. The number of carbonyl (C=O) groups is 4. The molecule has 2 aromatic rings. The van der Waals surface area contributed by atoms with Gasteiger partial charge in [0.2, 0.25) is 0 Å². The summed E-state index contributed by atoms with van der Waals surface area (Å²) in [6, 6.07) is 7.64. The van der Waals surface area contributed by atoms with Crippen LogP contribution in [0.3, 0.4) is 0 Å². The van der Waals surface area contributed by atoms with Crippen molar-refractivity contribution in [2.45, 2.75) is 20.4 Å². The minimum absolute atomic E-state index is 0.268. The molecule has 0 aliphatic carbocycles. The molecule has 2 rings (SSSR count). The van der Waals surface area contributed by atoms with Crippen LogP contribution in [0.2, 0.25) is 0 Å². The van der Waals surface area contributed by atoms with Gasteiger partial charge in [0.25, 0.3) is 11.8 Å². The maximum atomic E-state index is 12.3. The summed E-state index contributed by atoms with van der Waals surface area (Å²) in [5, 5.41) is 8.83. The Morgan fingerprint density at radius 1 is 0.969 bits per heavy atom. The first kappa shape index (κ1) is 24.7. The molecule has 0 aliphatic rings. The number of imide groups is 1. The highest BCUT2D eigenvalue weighted by molar-refractivity contribution is 7.09. The first-order chi connectivity index (χ1) is 15.4. The molecule has 0 aliphatic heterocycles. The zero-order chi connectivity index (χ0) is 23.3. The van der Waals surface area contributed by atoms with Gasteiger partial charge in [-0.3, -0.25) is 19.7 Å². The lowest BCUT2D eigenvalue weighted by Gasteiger charge is -2.12. The molecule has 32 heavy (non-hydrogen) atoms. The molecule has 11 heteroatoms. The van der Waals surface area contributed by atoms with Crippen LogP contribution in [0.15, 0.2) is 35.7 Å².